The average molecular weight is 429 g/mol. The lowest BCUT2D eigenvalue weighted by Crippen LogP contribution is -2.44. The molecule has 1 amide bonds. The fraction of sp³-hybridized carbons (Fsp3) is 0.348. The molecule has 0 spiro atoms. The number of piperazine rings is 1. The van der Waals surface area contributed by atoms with Gasteiger partial charge in [-0.1, -0.05) is 0 Å². The lowest BCUT2D eigenvalue weighted by atomic mass is 10.1. The van der Waals surface area contributed by atoms with Crippen LogP contribution in [0.1, 0.15) is 34.8 Å². The zero-order valence-corrected chi connectivity index (χ0v) is 17.9. The van der Waals surface area contributed by atoms with Crippen LogP contribution < -0.4 is 15.5 Å². The Hall–Kier alpha value is -3.59. The number of aromatic nitrogens is 5. The maximum Gasteiger partial charge on any atom is 0.267 e. The smallest absolute Gasteiger partial charge is 0.267 e. The normalized spacial score (nSPS) is 16.6. The van der Waals surface area contributed by atoms with Gasteiger partial charge >= 0.3 is 0 Å². The molecule has 1 saturated carbocycles. The van der Waals surface area contributed by atoms with Crippen LogP contribution in [0.2, 0.25) is 0 Å². The van der Waals surface area contributed by atoms with Crippen molar-refractivity contribution >= 4 is 33.7 Å². The molecule has 32 heavy (non-hydrogen) atoms. The summed E-state index contributed by atoms with van der Waals surface area (Å²) in [4.78, 5) is 36.5. The largest absolute Gasteiger partial charge is 0.354 e. The van der Waals surface area contributed by atoms with E-state index in [1.807, 2.05) is 24.5 Å². The van der Waals surface area contributed by atoms with Crippen LogP contribution in [0, 0.1) is 0 Å². The third-order valence-electron chi connectivity index (χ3n) is 6.30. The van der Waals surface area contributed by atoms with Gasteiger partial charge in [0.2, 0.25) is 0 Å². The zero-order chi connectivity index (χ0) is 21.7. The second-order valence-electron chi connectivity index (χ2n) is 8.39. The van der Waals surface area contributed by atoms with Gasteiger partial charge < -0.3 is 20.5 Å². The van der Waals surface area contributed by atoms with Crippen LogP contribution in [0.4, 0.5) is 5.82 Å². The minimum atomic E-state index is -0.187. The van der Waals surface area contributed by atoms with Crippen molar-refractivity contribution in [1.82, 2.24) is 35.6 Å². The van der Waals surface area contributed by atoms with Crippen molar-refractivity contribution in [3.63, 3.8) is 0 Å². The Kier molecular flexibility index (Phi) is 4.50. The van der Waals surface area contributed by atoms with Crippen LogP contribution in [0.3, 0.4) is 0 Å². The minimum absolute atomic E-state index is 0.187. The van der Waals surface area contributed by atoms with Gasteiger partial charge in [0.25, 0.3) is 5.91 Å². The third kappa shape index (κ3) is 3.16. The van der Waals surface area contributed by atoms with E-state index in [0.29, 0.717) is 23.1 Å². The molecular formula is C23H24N8O. The Morgan fingerprint density at radius 2 is 2.03 bits per heavy atom. The highest BCUT2D eigenvalue weighted by Gasteiger charge is 2.29. The molecule has 2 fully saturated rings. The van der Waals surface area contributed by atoms with E-state index >= 15 is 0 Å². The van der Waals surface area contributed by atoms with Crippen LogP contribution >= 0.6 is 0 Å². The van der Waals surface area contributed by atoms with Gasteiger partial charge in [-0.15, -0.1) is 0 Å². The number of H-pyrrole nitrogens is 1. The van der Waals surface area contributed by atoms with Gasteiger partial charge in [0.15, 0.2) is 5.82 Å². The molecule has 6 rings (SSSR count). The summed E-state index contributed by atoms with van der Waals surface area (Å²) >= 11 is 0. The van der Waals surface area contributed by atoms with E-state index in [-0.39, 0.29) is 5.91 Å². The van der Waals surface area contributed by atoms with Gasteiger partial charge in [-0.3, -0.25) is 9.78 Å². The van der Waals surface area contributed by atoms with Crippen molar-refractivity contribution in [2.75, 3.05) is 38.1 Å². The number of carbonyl (C=O) groups is 1. The summed E-state index contributed by atoms with van der Waals surface area (Å²) in [5, 5.41) is 8.02. The molecule has 0 bridgehead atoms. The maximum absolute atomic E-state index is 12.2. The van der Waals surface area contributed by atoms with E-state index in [1.165, 1.54) is 18.4 Å². The summed E-state index contributed by atoms with van der Waals surface area (Å²) < 4.78 is 0. The number of nitrogens with one attached hydrogen (secondary N) is 3. The van der Waals surface area contributed by atoms with E-state index in [1.54, 1.807) is 13.2 Å². The molecule has 3 N–H and O–H groups in total. The average Bonchev–Trinajstić information content (AvgIpc) is 3.60. The molecule has 2 aliphatic rings. The Morgan fingerprint density at radius 3 is 2.81 bits per heavy atom. The summed E-state index contributed by atoms with van der Waals surface area (Å²) in [5.41, 5.74) is 4.06. The Labute approximate surface area is 184 Å². The van der Waals surface area contributed by atoms with E-state index < -0.39 is 0 Å². The number of hydrogen-bond acceptors (Lipinski definition) is 7. The summed E-state index contributed by atoms with van der Waals surface area (Å²) in [5.74, 6) is 1.96. The van der Waals surface area contributed by atoms with Crippen LogP contribution in [-0.2, 0) is 0 Å². The first-order valence-corrected chi connectivity index (χ1v) is 11.0. The number of nitrogens with zero attached hydrogens (tertiary/aromatic N) is 5. The highest BCUT2D eigenvalue weighted by Crippen LogP contribution is 2.45. The van der Waals surface area contributed by atoms with E-state index in [0.717, 1.165) is 53.8 Å². The number of pyridine rings is 2. The van der Waals surface area contributed by atoms with E-state index in [4.69, 9.17) is 9.97 Å². The molecule has 0 aromatic carbocycles. The van der Waals surface area contributed by atoms with Crippen LogP contribution in [0.15, 0.2) is 30.7 Å². The van der Waals surface area contributed by atoms with Crippen molar-refractivity contribution < 1.29 is 4.79 Å². The van der Waals surface area contributed by atoms with Gasteiger partial charge in [-0.25, -0.2) is 15.0 Å². The quantitative estimate of drug-likeness (QED) is 0.457. The molecule has 4 aromatic heterocycles. The first-order chi connectivity index (χ1) is 15.7. The Morgan fingerprint density at radius 1 is 1.19 bits per heavy atom. The Bertz CT molecular complexity index is 1340. The lowest BCUT2D eigenvalue weighted by molar-refractivity contribution is 0.0959. The Balaban J connectivity index is 1.57. The zero-order valence-electron chi connectivity index (χ0n) is 17.9. The fourth-order valence-electron chi connectivity index (χ4n) is 4.50. The molecule has 0 unspecified atom stereocenters. The van der Waals surface area contributed by atoms with E-state index in [2.05, 4.69) is 30.5 Å². The van der Waals surface area contributed by atoms with Crippen LogP contribution in [-0.4, -0.2) is 64.1 Å². The molecule has 1 aliphatic carbocycles. The summed E-state index contributed by atoms with van der Waals surface area (Å²) in [6.45, 7) is 3.65. The van der Waals surface area contributed by atoms with Crippen molar-refractivity contribution in [2.24, 2.45) is 0 Å². The highest BCUT2D eigenvalue weighted by molar-refractivity contribution is 6.02. The third-order valence-corrected chi connectivity index (χ3v) is 6.30. The molecule has 1 saturated heterocycles. The monoisotopic (exact) mass is 428 g/mol. The van der Waals surface area contributed by atoms with E-state index in [9.17, 15) is 4.79 Å². The van der Waals surface area contributed by atoms with Gasteiger partial charge in [0.05, 0.1) is 11.7 Å². The predicted octanol–water partition coefficient (Wildman–Crippen LogP) is 2.21. The molecule has 9 nitrogen and oxygen atoms in total. The topological polar surface area (TPSA) is 112 Å². The van der Waals surface area contributed by atoms with Gasteiger partial charge in [-0.05, 0) is 36.5 Å². The number of hydrogen-bond donors (Lipinski definition) is 3. The summed E-state index contributed by atoms with van der Waals surface area (Å²) in [6, 6.07) is 3.72. The van der Waals surface area contributed by atoms with Gasteiger partial charge in [0, 0.05) is 62.0 Å². The number of aromatic amines is 1. The standard InChI is InChI=1S/C23H24N8O/c1-24-23(32)17-10-15-14(4-5-27-20(15)28-17)21-29-18-12-26-11-16(13-2-3-13)19(18)22(30-21)31-8-6-25-7-9-31/h4-5,10-13,25H,2-3,6-9H2,1H3,(H,24,32)(H,27,28). The van der Waals surface area contributed by atoms with Crippen molar-refractivity contribution in [3.8, 4) is 11.4 Å². The van der Waals surface area contributed by atoms with Gasteiger partial charge in [-0.2, -0.15) is 0 Å². The molecule has 0 atom stereocenters. The summed E-state index contributed by atoms with van der Waals surface area (Å²) in [6.07, 6.45) is 7.93. The molecule has 162 valence electrons. The van der Waals surface area contributed by atoms with Crippen molar-refractivity contribution in [3.05, 3.63) is 42.0 Å². The minimum Gasteiger partial charge on any atom is -0.354 e. The molecule has 4 aromatic rings. The highest BCUT2D eigenvalue weighted by atomic mass is 16.1. The number of rotatable bonds is 4. The SMILES string of the molecule is CNC(=O)c1cc2c(-c3nc(N4CCNCC4)c4c(C5CC5)cncc4n3)ccnc2[nH]1. The number of carbonyl (C=O) groups excluding carboxylic acids is 1. The molecule has 0 radical (unpaired) electrons. The number of anilines is 1. The lowest BCUT2D eigenvalue weighted by Gasteiger charge is -2.30. The number of fused-ring (bicyclic) bond motifs is 2. The predicted molar refractivity (Wildman–Crippen MR) is 123 cm³/mol. The molecular weight excluding hydrogens is 404 g/mol. The molecule has 5 heterocycles. The number of amides is 1. The van der Waals surface area contributed by atoms with Gasteiger partial charge in [0.1, 0.15) is 17.2 Å². The first kappa shape index (κ1) is 19.1. The molecule has 9 heteroatoms. The van der Waals surface area contributed by atoms with Crippen molar-refractivity contribution in [1.29, 1.82) is 0 Å². The maximum atomic E-state index is 12.2. The van der Waals surface area contributed by atoms with Crippen molar-refractivity contribution in [2.45, 2.75) is 18.8 Å². The second-order valence-corrected chi connectivity index (χ2v) is 8.39. The first-order valence-electron chi connectivity index (χ1n) is 11.0. The molecule has 1 aliphatic heterocycles. The fourth-order valence-corrected chi connectivity index (χ4v) is 4.50. The second kappa shape index (κ2) is 7.52. The van der Waals surface area contributed by atoms with Crippen LogP contribution in [0.25, 0.3) is 33.3 Å². The van der Waals surface area contributed by atoms with Crippen LogP contribution in [0.5, 0.6) is 0 Å². The summed E-state index contributed by atoms with van der Waals surface area (Å²) in [7, 11) is 1.61.